The lowest BCUT2D eigenvalue weighted by Gasteiger charge is -2.32. The maximum absolute atomic E-state index is 12.5. The SMILES string of the molecule is CC(C)c1cc(C(=O)N2CCC(N3CCNCC3)C2)on1. The van der Waals surface area contributed by atoms with Crippen LogP contribution in [0.15, 0.2) is 10.6 Å². The van der Waals surface area contributed by atoms with Crippen LogP contribution in [-0.2, 0) is 0 Å². The van der Waals surface area contributed by atoms with Gasteiger partial charge < -0.3 is 14.7 Å². The zero-order valence-corrected chi connectivity index (χ0v) is 12.8. The van der Waals surface area contributed by atoms with Gasteiger partial charge in [-0.1, -0.05) is 19.0 Å². The molecule has 0 saturated carbocycles. The fraction of sp³-hybridized carbons (Fsp3) is 0.733. The summed E-state index contributed by atoms with van der Waals surface area (Å²) in [6.45, 7) is 9.94. The van der Waals surface area contributed by atoms with Crippen LogP contribution < -0.4 is 5.32 Å². The molecular formula is C15H24N4O2. The Morgan fingerprint density at radius 1 is 1.38 bits per heavy atom. The van der Waals surface area contributed by atoms with Gasteiger partial charge >= 0.3 is 0 Å². The molecule has 0 spiro atoms. The van der Waals surface area contributed by atoms with E-state index in [2.05, 4.69) is 15.4 Å². The zero-order chi connectivity index (χ0) is 14.8. The number of rotatable bonds is 3. The Bertz CT molecular complexity index is 494. The number of nitrogens with zero attached hydrogens (tertiary/aromatic N) is 3. The second kappa shape index (κ2) is 6.15. The fourth-order valence-corrected chi connectivity index (χ4v) is 3.09. The van der Waals surface area contributed by atoms with Crippen molar-refractivity contribution in [1.82, 2.24) is 20.3 Å². The van der Waals surface area contributed by atoms with Crippen molar-refractivity contribution in [3.8, 4) is 0 Å². The molecule has 6 nitrogen and oxygen atoms in total. The van der Waals surface area contributed by atoms with Gasteiger partial charge in [-0.15, -0.1) is 0 Å². The number of aromatic nitrogens is 1. The summed E-state index contributed by atoms with van der Waals surface area (Å²) < 4.78 is 5.22. The lowest BCUT2D eigenvalue weighted by atomic mass is 10.1. The summed E-state index contributed by atoms with van der Waals surface area (Å²) in [5, 5.41) is 7.34. The van der Waals surface area contributed by atoms with Gasteiger partial charge in [-0.05, 0) is 12.3 Å². The Hall–Kier alpha value is -1.40. The summed E-state index contributed by atoms with van der Waals surface area (Å²) in [5.41, 5.74) is 0.844. The Balaban J connectivity index is 1.60. The first-order valence-electron chi connectivity index (χ1n) is 7.86. The van der Waals surface area contributed by atoms with E-state index in [0.717, 1.165) is 51.4 Å². The highest BCUT2D eigenvalue weighted by Crippen LogP contribution is 2.20. The number of piperazine rings is 1. The lowest BCUT2D eigenvalue weighted by Crippen LogP contribution is -2.49. The molecule has 2 fully saturated rings. The molecule has 0 aliphatic carbocycles. The Morgan fingerprint density at radius 3 is 2.81 bits per heavy atom. The second-order valence-corrected chi connectivity index (χ2v) is 6.25. The second-order valence-electron chi connectivity index (χ2n) is 6.25. The van der Waals surface area contributed by atoms with Crippen LogP contribution in [0.1, 0.15) is 42.4 Å². The molecule has 1 N–H and O–H groups in total. The van der Waals surface area contributed by atoms with Crippen molar-refractivity contribution in [3.05, 3.63) is 17.5 Å². The van der Waals surface area contributed by atoms with Gasteiger partial charge in [0.05, 0.1) is 5.69 Å². The molecule has 1 atom stereocenters. The zero-order valence-electron chi connectivity index (χ0n) is 12.8. The summed E-state index contributed by atoms with van der Waals surface area (Å²) in [7, 11) is 0. The summed E-state index contributed by atoms with van der Waals surface area (Å²) in [4.78, 5) is 16.9. The minimum atomic E-state index is -0.0213. The van der Waals surface area contributed by atoms with Crippen LogP contribution in [0.3, 0.4) is 0 Å². The molecule has 0 radical (unpaired) electrons. The van der Waals surface area contributed by atoms with Crippen molar-refractivity contribution < 1.29 is 9.32 Å². The van der Waals surface area contributed by atoms with E-state index in [1.54, 1.807) is 6.07 Å². The molecule has 1 unspecified atom stereocenters. The Kier molecular flexibility index (Phi) is 4.26. The van der Waals surface area contributed by atoms with E-state index in [-0.39, 0.29) is 11.8 Å². The average molecular weight is 292 g/mol. The van der Waals surface area contributed by atoms with Crippen molar-refractivity contribution in [1.29, 1.82) is 0 Å². The first kappa shape index (κ1) is 14.5. The molecule has 1 amide bonds. The van der Waals surface area contributed by atoms with E-state index in [1.165, 1.54) is 0 Å². The normalized spacial score (nSPS) is 24.0. The highest BCUT2D eigenvalue weighted by atomic mass is 16.5. The molecule has 1 aromatic heterocycles. The first-order chi connectivity index (χ1) is 10.1. The van der Waals surface area contributed by atoms with Crippen molar-refractivity contribution in [2.75, 3.05) is 39.3 Å². The summed E-state index contributed by atoms with van der Waals surface area (Å²) >= 11 is 0. The molecule has 0 aromatic carbocycles. The molecule has 1 aromatic rings. The molecule has 0 bridgehead atoms. The van der Waals surface area contributed by atoms with Crippen LogP contribution >= 0.6 is 0 Å². The van der Waals surface area contributed by atoms with E-state index in [9.17, 15) is 4.79 Å². The number of nitrogens with one attached hydrogen (secondary N) is 1. The molecule has 21 heavy (non-hydrogen) atoms. The first-order valence-corrected chi connectivity index (χ1v) is 7.86. The highest BCUT2D eigenvalue weighted by Gasteiger charge is 2.32. The third-order valence-electron chi connectivity index (χ3n) is 4.45. The van der Waals surface area contributed by atoms with E-state index < -0.39 is 0 Å². The van der Waals surface area contributed by atoms with Crippen molar-refractivity contribution in [3.63, 3.8) is 0 Å². The standard InChI is InChI=1S/C15H24N4O2/c1-11(2)13-9-14(21-17-13)15(20)19-6-3-12(10-19)18-7-4-16-5-8-18/h9,11-12,16H,3-8,10H2,1-2H3. The van der Waals surface area contributed by atoms with Gasteiger partial charge in [-0.3, -0.25) is 9.69 Å². The van der Waals surface area contributed by atoms with E-state index >= 15 is 0 Å². The van der Waals surface area contributed by atoms with Gasteiger partial charge in [-0.25, -0.2) is 0 Å². The molecule has 2 aliphatic heterocycles. The maximum atomic E-state index is 12.5. The molecule has 116 valence electrons. The van der Waals surface area contributed by atoms with Gasteiger partial charge in [0.1, 0.15) is 0 Å². The minimum Gasteiger partial charge on any atom is -0.351 e. The van der Waals surface area contributed by atoms with E-state index in [1.807, 2.05) is 18.7 Å². The number of amides is 1. The minimum absolute atomic E-state index is 0.0213. The summed E-state index contributed by atoms with van der Waals surface area (Å²) in [6, 6.07) is 2.27. The van der Waals surface area contributed by atoms with Gasteiger partial charge in [-0.2, -0.15) is 0 Å². The van der Waals surface area contributed by atoms with Crippen molar-refractivity contribution >= 4 is 5.91 Å². The van der Waals surface area contributed by atoms with E-state index in [4.69, 9.17) is 4.52 Å². The van der Waals surface area contributed by atoms with E-state index in [0.29, 0.717) is 11.8 Å². The van der Waals surface area contributed by atoms with Crippen molar-refractivity contribution in [2.24, 2.45) is 0 Å². The number of hydrogen-bond donors (Lipinski definition) is 1. The topological polar surface area (TPSA) is 61.6 Å². The van der Waals surface area contributed by atoms with Gasteiger partial charge in [0, 0.05) is 51.4 Å². The lowest BCUT2D eigenvalue weighted by molar-refractivity contribution is 0.0732. The third-order valence-corrected chi connectivity index (χ3v) is 4.45. The predicted octanol–water partition coefficient (Wildman–Crippen LogP) is 0.918. The Morgan fingerprint density at radius 2 is 2.14 bits per heavy atom. The van der Waals surface area contributed by atoms with Crippen LogP contribution in [0.2, 0.25) is 0 Å². The number of carbonyl (C=O) groups is 1. The number of hydrogen-bond acceptors (Lipinski definition) is 5. The Labute approximate surface area is 125 Å². The van der Waals surface area contributed by atoms with Crippen LogP contribution in [0.5, 0.6) is 0 Å². The fourth-order valence-electron chi connectivity index (χ4n) is 3.09. The predicted molar refractivity (Wildman–Crippen MR) is 79.3 cm³/mol. The molecule has 6 heteroatoms. The maximum Gasteiger partial charge on any atom is 0.292 e. The molecule has 3 rings (SSSR count). The van der Waals surface area contributed by atoms with Crippen LogP contribution in [0.4, 0.5) is 0 Å². The third kappa shape index (κ3) is 3.11. The van der Waals surface area contributed by atoms with Crippen LogP contribution in [0, 0.1) is 0 Å². The largest absolute Gasteiger partial charge is 0.351 e. The van der Waals surface area contributed by atoms with Crippen LogP contribution in [-0.4, -0.2) is 66.2 Å². The smallest absolute Gasteiger partial charge is 0.292 e. The molecule has 2 aliphatic rings. The summed E-state index contributed by atoms with van der Waals surface area (Å²) in [5.74, 6) is 0.633. The summed E-state index contributed by atoms with van der Waals surface area (Å²) in [6.07, 6.45) is 1.05. The highest BCUT2D eigenvalue weighted by molar-refractivity contribution is 5.91. The number of carbonyl (C=O) groups excluding carboxylic acids is 1. The average Bonchev–Trinajstić information content (AvgIpc) is 3.17. The van der Waals surface area contributed by atoms with Gasteiger partial charge in [0.25, 0.3) is 5.91 Å². The molecule has 3 heterocycles. The van der Waals surface area contributed by atoms with Gasteiger partial charge in [0.15, 0.2) is 0 Å². The van der Waals surface area contributed by atoms with Crippen LogP contribution in [0.25, 0.3) is 0 Å². The number of likely N-dealkylation sites (tertiary alicyclic amines) is 1. The molecule has 2 saturated heterocycles. The quantitative estimate of drug-likeness (QED) is 0.897. The van der Waals surface area contributed by atoms with Crippen molar-refractivity contribution in [2.45, 2.75) is 32.2 Å². The van der Waals surface area contributed by atoms with Gasteiger partial charge in [0.2, 0.25) is 5.76 Å². The monoisotopic (exact) mass is 292 g/mol. The molecular weight excluding hydrogens is 268 g/mol.